The third kappa shape index (κ3) is 3.42. The van der Waals surface area contributed by atoms with Crippen LogP contribution in [0.25, 0.3) is 22.3 Å². The van der Waals surface area contributed by atoms with E-state index in [0.717, 1.165) is 12.1 Å². The number of aliphatic hydroxyl groups is 3. The number of phenols is 3. The monoisotopic (exact) mass is 418 g/mol. The zero-order valence-electron chi connectivity index (χ0n) is 15.3. The highest BCUT2D eigenvalue weighted by atomic mass is 16.7. The van der Waals surface area contributed by atoms with Crippen LogP contribution in [0.1, 0.15) is 0 Å². The maximum Gasteiger partial charge on any atom is 0.229 e. The Morgan fingerprint density at radius 3 is 2.37 bits per heavy atom. The van der Waals surface area contributed by atoms with Gasteiger partial charge >= 0.3 is 0 Å². The first-order valence-corrected chi connectivity index (χ1v) is 8.91. The lowest BCUT2D eigenvalue weighted by molar-refractivity contribution is -0.242. The molecule has 0 aliphatic carbocycles. The molecule has 0 amide bonds. The molecule has 0 saturated carbocycles. The molecule has 0 bridgehead atoms. The van der Waals surface area contributed by atoms with Gasteiger partial charge in [-0.05, 0) is 24.3 Å². The minimum Gasteiger partial charge on any atom is -0.508 e. The molecule has 0 unspecified atom stereocenters. The minimum atomic E-state index is -1.67. The Morgan fingerprint density at radius 1 is 0.967 bits per heavy atom. The summed E-state index contributed by atoms with van der Waals surface area (Å²) in [6, 6.07) is 8.05. The van der Waals surface area contributed by atoms with Crippen molar-refractivity contribution in [2.45, 2.75) is 24.6 Å². The summed E-state index contributed by atoms with van der Waals surface area (Å²) in [7, 11) is 0. The number of rotatable bonds is 3. The van der Waals surface area contributed by atoms with E-state index < -0.39 is 47.3 Å². The molecule has 0 radical (unpaired) electrons. The molecule has 1 aliphatic heterocycles. The number of hydrogen-bond acceptors (Lipinski definition) is 10. The third-order valence-electron chi connectivity index (χ3n) is 4.77. The lowest BCUT2D eigenvalue weighted by Gasteiger charge is -2.35. The summed E-state index contributed by atoms with van der Waals surface area (Å²) >= 11 is 0. The van der Waals surface area contributed by atoms with E-state index in [1.165, 1.54) is 24.3 Å². The molecule has 0 spiro atoms. The highest BCUT2D eigenvalue weighted by molar-refractivity contribution is 5.89. The summed E-state index contributed by atoms with van der Waals surface area (Å²) in [6.07, 6.45) is -6.08. The van der Waals surface area contributed by atoms with Gasteiger partial charge in [0.1, 0.15) is 40.8 Å². The number of phenolic OH excluding ortho intramolecular Hbond substituents is 3. The molecule has 30 heavy (non-hydrogen) atoms. The minimum absolute atomic E-state index is 0.0312. The maximum absolute atomic E-state index is 12.6. The van der Waals surface area contributed by atoms with Crippen molar-refractivity contribution in [2.75, 3.05) is 6.61 Å². The van der Waals surface area contributed by atoms with Gasteiger partial charge in [-0.1, -0.05) is 0 Å². The number of fused-ring (bicyclic) bond motifs is 1. The van der Waals surface area contributed by atoms with Crippen LogP contribution >= 0.6 is 0 Å². The van der Waals surface area contributed by atoms with Gasteiger partial charge in [-0.15, -0.1) is 0 Å². The van der Waals surface area contributed by atoms with Crippen LogP contribution in [0.3, 0.4) is 0 Å². The van der Waals surface area contributed by atoms with E-state index in [2.05, 4.69) is 0 Å². The van der Waals surface area contributed by atoms with Crippen molar-refractivity contribution in [1.82, 2.24) is 0 Å². The number of aromatic hydroxyl groups is 3. The van der Waals surface area contributed by atoms with Crippen LogP contribution < -0.4 is 10.2 Å². The van der Waals surface area contributed by atoms with Crippen LogP contribution in [-0.4, -0.2) is 61.8 Å². The Hall–Kier alpha value is -3.31. The zero-order valence-corrected chi connectivity index (χ0v) is 15.3. The number of aliphatic hydroxyl groups excluding tert-OH is 3. The Balaban J connectivity index is 1.75. The average Bonchev–Trinajstić information content (AvgIpc) is 2.70. The van der Waals surface area contributed by atoms with E-state index in [1.807, 2.05) is 0 Å². The zero-order chi connectivity index (χ0) is 21.6. The molecule has 6 N–H and O–H groups in total. The summed E-state index contributed by atoms with van der Waals surface area (Å²) in [6.45, 7) is -0.351. The van der Waals surface area contributed by atoms with Crippen molar-refractivity contribution < 1.29 is 44.5 Å². The second kappa shape index (κ2) is 7.50. The molecule has 158 valence electrons. The van der Waals surface area contributed by atoms with Gasteiger partial charge < -0.3 is 44.5 Å². The second-order valence-electron chi connectivity index (χ2n) is 6.84. The molecule has 1 fully saturated rings. The molecule has 2 aromatic carbocycles. The molecule has 1 aromatic heterocycles. The van der Waals surface area contributed by atoms with E-state index >= 15 is 0 Å². The van der Waals surface area contributed by atoms with E-state index in [-0.39, 0.29) is 29.1 Å². The normalized spacial score (nSPS) is 24.1. The standard InChI is InChI=1S/C20H18O10/c21-9-3-1-8(2-4-9)13-5-10(22)15-14(29-13)6-11(23)19(17(15)26)30-20-18(27)16(25)12(24)7-28-20/h1-6,12,16,18,20-21,23-27H,7H2/t12-,16-,18-,20-/m0/s1. The molecule has 1 aliphatic rings. The van der Waals surface area contributed by atoms with E-state index in [0.29, 0.717) is 5.56 Å². The molecule has 2 heterocycles. The first-order valence-electron chi connectivity index (χ1n) is 8.91. The fourth-order valence-electron chi connectivity index (χ4n) is 3.15. The van der Waals surface area contributed by atoms with Gasteiger partial charge in [-0.25, -0.2) is 0 Å². The second-order valence-corrected chi connectivity index (χ2v) is 6.84. The highest BCUT2D eigenvalue weighted by Gasteiger charge is 2.40. The first-order chi connectivity index (χ1) is 14.3. The average molecular weight is 418 g/mol. The maximum atomic E-state index is 12.6. The molecule has 10 heteroatoms. The van der Waals surface area contributed by atoms with Gasteiger partial charge in [0.2, 0.25) is 12.0 Å². The predicted octanol–water partition coefficient (Wildman–Crippen LogP) is 0.395. The molecule has 10 nitrogen and oxygen atoms in total. The van der Waals surface area contributed by atoms with Crippen molar-refractivity contribution in [3.63, 3.8) is 0 Å². The topological polar surface area (TPSA) is 170 Å². The van der Waals surface area contributed by atoms with Crippen LogP contribution in [0.2, 0.25) is 0 Å². The van der Waals surface area contributed by atoms with Crippen molar-refractivity contribution in [3.8, 4) is 34.3 Å². The Bertz CT molecular complexity index is 1140. The first kappa shape index (κ1) is 20.0. The molecular weight excluding hydrogens is 400 g/mol. The van der Waals surface area contributed by atoms with Crippen LogP contribution in [0.4, 0.5) is 0 Å². The van der Waals surface area contributed by atoms with E-state index in [1.54, 1.807) is 0 Å². The largest absolute Gasteiger partial charge is 0.508 e. The quantitative estimate of drug-likeness (QED) is 0.350. The van der Waals surface area contributed by atoms with Gasteiger partial charge in [0.15, 0.2) is 16.9 Å². The van der Waals surface area contributed by atoms with E-state index in [9.17, 15) is 35.4 Å². The molecule has 3 aromatic rings. The van der Waals surface area contributed by atoms with Crippen molar-refractivity contribution >= 4 is 11.0 Å². The fraction of sp³-hybridized carbons (Fsp3) is 0.250. The fourth-order valence-corrected chi connectivity index (χ4v) is 3.15. The lowest BCUT2D eigenvalue weighted by atomic mass is 10.1. The molecule has 4 rings (SSSR count). The van der Waals surface area contributed by atoms with Gasteiger partial charge in [-0.2, -0.15) is 0 Å². The highest BCUT2D eigenvalue weighted by Crippen LogP contribution is 2.43. The van der Waals surface area contributed by atoms with Crippen molar-refractivity contribution in [2.24, 2.45) is 0 Å². The summed E-state index contributed by atoms with van der Waals surface area (Å²) in [5.41, 5.74) is -0.284. The molecule has 4 atom stereocenters. The summed E-state index contributed by atoms with van der Waals surface area (Å²) in [5.74, 6) is -1.73. The summed E-state index contributed by atoms with van der Waals surface area (Å²) < 4.78 is 16.0. The lowest BCUT2D eigenvalue weighted by Crippen LogP contribution is -2.54. The smallest absolute Gasteiger partial charge is 0.229 e. The van der Waals surface area contributed by atoms with Crippen LogP contribution in [0.5, 0.6) is 23.0 Å². The number of hydrogen-bond donors (Lipinski definition) is 6. The summed E-state index contributed by atoms with van der Waals surface area (Å²) in [5, 5.41) is 59.1. The SMILES string of the molecule is O=c1cc(-c2ccc(O)cc2)oc2cc(O)c(O[C@@H]3OC[C@H](O)[C@H](O)[C@@H]3O)c(O)c12. The van der Waals surface area contributed by atoms with Crippen LogP contribution in [-0.2, 0) is 4.74 Å². The molecule has 1 saturated heterocycles. The number of ether oxygens (including phenoxy) is 2. The Kier molecular flexibility index (Phi) is 5.00. The Labute approximate surface area is 168 Å². The van der Waals surface area contributed by atoms with Gasteiger partial charge in [-0.3, -0.25) is 4.79 Å². The number of benzene rings is 2. The third-order valence-corrected chi connectivity index (χ3v) is 4.77. The molecular formula is C20H18O10. The van der Waals surface area contributed by atoms with Gasteiger partial charge in [0.25, 0.3) is 0 Å². The van der Waals surface area contributed by atoms with Crippen molar-refractivity contribution in [3.05, 3.63) is 46.6 Å². The summed E-state index contributed by atoms with van der Waals surface area (Å²) in [4.78, 5) is 12.6. The van der Waals surface area contributed by atoms with Gasteiger partial charge in [0, 0.05) is 17.7 Å². The van der Waals surface area contributed by atoms with Gasteiger partial charge in [0.05, 0.1) is 6.61 Å². The predicted molar refractivity (Wildman–Crippen MR) is 101 cm³/mol. The van der Waals surface area contributed by atoms with E-state index in [4.69, 9.17) is 13.9 Å². The Morgan fingerprint density at radius 2 is 1.67 bits per heavy atom. The van der Waals surface area contributed by atoms with Crippen LogP contribution in [0, 0.1) is 0 Å². The van der Waals surface area contributed by atoms with Crippen LogP contribution in [0.15, 0.2) is 45.6 Å². The van der Waals surface area contributed by atoms with Crippen molar-refractivity contribution in [1.29, 1.82) is 0 Å².